The monoisotopic (exact) mass is 329 g/mol. The molecule has 0 fully saturated rings. The predicted molar refractivity (Wildman–Crippen MR) is 63.5 cm³/mol. The van der Waals surface area contributed by atoms with Crippen molar-refractivity contribution in [1.82, 2.24) is 0 Å². The van der Waals surface area contributed by atoms with Gasteiger partial charge in [-0.15, -0.1) is 0 Å². The van der Waals surface area contributed by atoms with Gasteiger partial charge >= 0.3 is 6.18 Å². The molecule has 1 N–H and O–H groups in total. The van der Waals surface area contributed by atoms with Crippen molar-refractivity contribution in [2.45, 2.75) is 17.9 Å². The van der Waals surface area contributed by atoms with E-state index in [9.17, 15) is 18.0 Å². The lowest BCUT2D eigenvalue weighted by molar-refractivity contribution is -0.137. The molecule has 1 aromatic carbocycles. The second-order valence-corrected chi connectivity index (χ2v) is 5.08. The predicted octanol–water partition coefficient (Wildman–Crippen LogP) is 4.08. The minimum Gasteiger partial charge on any atom is -0.324 e. The molecule has 0 radical (unpaired) electrons. The zero-order valence-corrected chi connectivity index (χ0v) is 10.9. The van der Waals surface area contributed by atoms with Crippen molar-refractivity contribution in [1.29, 1.82) is 0 Å². The lowest BCUT2D eigenvalue weighted by atomic mass is 10.2. The third-order valence-corrected chi connectivity index (χ3v) is 2.64. The Labute approximate surface area is 109 Å². The Bertz CT molecular complexity index is 434. The Kier molecular flexibility index (Phi) is 4.43. The minimum absolute atomic E-state index is 0.149. The van der Waals surface area contributed by atoms with E-state index in [1.807, 2.05) is 0 Å². The molecule has 0 heterocycles. The number of alkyl halides is 4. The lowest BCUT2D eigenvalue weighted by Gasteiger charge is -2.11. The molecule has 0 spiro atoms. The van der Waals surface area contributed by atoms with E-state index in [0.717, 1.165) is 18.2 Å². The highest BCUT2D eigenvalue weighted by molar-refractivity contribution is 9.10. The van der Waals surface area contributed by atoms with Gasteiger partial charge in [0.1, 0.15) is 0 Å². The van der Waals surface area contributed by atoms with Crippen LogP contribution in [-0.4, -0.2) is 10.7 Å². The average Bonchev–Trinajstić information content (AvgIpc) is 2.19. The number of carbonyl (C=O) groups excluding carboxylic acids is 1. The summed E-state index contributed by atoms with van der Waals surface area (Å²) in [6.07, 6.45) is -4.45. The zero-order valence-electron chi connectivity index (χ0n) is 8.61. The Balaban J connectivity index is 2.95. The molecule has 7 heteroatoms. The molecule has 0 saturated heterocycles. The van der Waals surface area contributed by atoms with Crippen LogP contribution in [0.5, 0.6) is 0 Å². The summed E-state index contributed by atoms with van der Waals surface area (Å²) in [4.78, 5) is 10.8. The standard InChI is InChI=1S/C10H8BrClF3NO/c1-5(11)9(17)16-8-3-2-6(4-7(8)12)10(13,14)15/h2-5H,1H3,(H,16,17). The molecule has 0 aliphatic rings. The molecule has 0 aromatic heterocycles. The minimum atomic E-state index is -4.45. The van der Waals surface area contributed by atoms with Crippen LogP contribution in [0, 0.1) is 0 Å². The van der Waals surface area contributed by atoms with Gasteiger partial charge in [0.05, 0.1) is 21.1 Å². The van der Waals surface area contributed by atoms with Crippen molar-refractivity contribution in [3.05, 3.63) is 28.8 Å². The SMILES string of the molecule is CC(Br)C(=O)Nc1ccc(C(F)(F)F)cc1Cl. The molecule has 0 saturated carbocycles. The first kappa shape index (κ1) is 14.3. The molecule has 1 aromatic rings. The van der Waals surface area contributed by atoms with Gasteiger partial charge in [-0.1, -0.05) is 27.5 Å². The Morgan fingerprint density at radius 2 is 2.06 bits per heavy atom. The molecular weight excluding hydrogens is 322 g/mol. The van der Waals surface area contributed by atoms with Gasteiger partial charge < -0.3 is 5.32 Å². The van der Waals surface area contributed by atoms with E-state index in [0.29, 0.717) is 0 Å². The third kappa shape index (κ3) is 3.89. The summed E-state index contributed by atoms with van der Waals surface area (Å²) in [6.45, 7) is 1.59. The van der Waals surface area contributed by atoms with E-state index in [1.54, 1.807) is 6.92 Å². The number of hydrogen-bond donors (Lipinski definition) is 1. The van der Waals surface area contributed by atoms with Crippen molar-refractivity contribution >= 4 is 39.1 Å². The second-order valence-electron chi connectivity index (χ2n) is 3.30. The lowest BCUT2D eigenvalue weighted by Crippen LogP contribution is -2.20. The molecule has 94 valence electrons. The fourth-order valence-electron chi connectivity index (χ4n) is 1.02. The Hall–Kier alpha value is -0.750. The number of benzene rings is 1. The zero-order chi connectivity index (χ0) is 13.2. The van der Waals surface area contributed by atoms with Gasteiger partial charge in [0.15, 0.2) is 0 Å². The number of hydrogen-bond acceptors (Lipinski definition) is 1. The van der Waals surface area contributed by atoms with Crippen LogP contribution in [0.3, 0.4) is 0 Å². The first-order chi connectivity index (χ1) is 7.71. The molecule has 0 aliphatic carbocycles. The van der Waals surface area contributed by atoms with Crippen molar-refractivity contribution in [3.8, 4) is 0 Å². The normalized spacial score (nSPS) is 13.3. The summed E-state index contributed by atoms with van der Waals surface area (Å²) < 4.78 is 37.0. The molecule has 17 heavy (non-hydrogen) atoms. The molecule has 1 amide bonds. The third-order valence-electron chi connectivity index (χ3n) is 1.92. The second kappa shape index (κ2) is 5.27. The van der Waals surface area contributed by atoms with Gasteiger partial charge in [0, 0.05) is 0 Å². The van der Waals surface area contributed by atoms with E-state index in [2.05, 4.69) is 21.2 Å². The molecule has 1 rings (SSSR count). The van der Waals surface area contributed by atoms with Crippen LogP contribution in [-0.2, 0) is 11.0 Å². The number of anilines is 1. The van der Waals surface area contributed by atoms with Crippen molar-refractivity contribution in [3.63, 3.8) is 0 Å². The molecular formula is C10H8BrClF3NO. The van der Waals surface area contributed by atoms with E-state index in [4.69, 9.17) is 11.6 Å². The summed E-state index contributed by atoms with van der Waals surface area (Å²) in [5.41, 5.74) is -0.705. The largest absolute Gasteiger partial charge is 0.416 e. The summed E-state index contributed by atoms with van der Waals surface area (Å²) in [6, 6.07) is 2.76. The highest BCUT2D eigenvalue weighted by atomic mass is 79.9. The smallest absolute Gasteiger partial charge is 0.324 e. The Morgan fingerprint density at radius 1 is 1.47 bits per heavy atom. The van der Waals surface area contributed by atoms with Crippen LogP contribution in [0.15, 0.2) is 18.2 Å². The molecule has 1 unspecified atom stereocenters. The maximum atomic E-state index is 12.3. The number of rotatable bonds is 2. The fourth-order valence-corrected chi connectivity index (χ4v) is 1.37. The average molecular weight is 331 g/mol. The van der Waals surface area contributed by atoms with Gasteiger partial charge in [-0.05, 0) is 25.1 Å². The number of carbonyl (C=O) groups is 1. The van der Waals surface area contributed by atoms with Gasteiger partial charge in [-0.3, -0.25) is 4.79 Å². The van der Waals surface area contributed by atoms with Gasteiger partial charge in [-0.2, -0.15) is 13.2 Å². The van der Waals surface area contributed by atoms with Crippen LogP contribution in [0.2, 0.25) is 5.02 Å². The van der Waals surface area contributed by atoms with Crippen LogP contribution >= 0.6 is 27.5 Å². The molecule has 0 bridgehead atoms. The van der Waals surface area contributed by atoms with Crippen LogP contribution in [0.1, 0.15) is 12.5 Å². The summed E-state index contributed by atoms with van der Waals surface area (Å²) in [5.74, 6) is -0.383. The van der Waals surface area contributed by atoms with E-state index in [-0.39, 0.29) is 16.6 Å². The summed E-state index contributed by atoms with van der Waals surface area (Å²) in [7, 11) is 0. The molecule has 2 nitrogen and oxygen atoms in total. The van der Waals surface area contributed by atoms with Crippen LogP contribution < -0.4 is 5.32 Å². The molecule has 1 atom stereocenters. The molecule has 0 aliphatic heterocycles. The maximum absolute atomic E-state index is 12.3. The van der Waals surface area contributed by atoms with Gasteiger partial charge in [0.2, 0.25) is 5.91 Å². The number of nitrogens with one attached hydrogen (secondary N) is 1. The van der Waals surface area contributed by atoms with Crippen molar-refractivity contribution < 1.29 is 18.0 Å². The van der Waals surface area contributed by atoms with Crippen molar-refractivity contribution in [2.75, 3.05) is 5.32 Å². The fraction of sp³-hybridized carbons (Fsp3) is 0.300. The van der Waals surface area contributed by atoms with Gasteiger partial charge in [0.25, 0.3) is 0 Å². The quantitative estimate of drug-likeness (QED) is 0.813. The highest BCUT2D eigenvalue weighted by Gasteiger charge is 2.31. The summed E-state index contributed by atoms with van der Waals surface area (Å²) >= 11 is 8.69. The Morgan fingerprint density at radius 3 is 2.47 bits per heavy atom. The summed E-state index contributed by atoms with van der Waals surface area (Å²) in [5, 5.41) is 2.25. The maximum Gasteiger partial charge on any atom is 0.416 e. The van der Waals surface area contributed by atoms with Crippen LogP contribution in [0.25, 0.3) is 0 Å². The first-order valence-corrected chi connectivity index (χ1v) is 5.83. The van der Waals surface area contributed by atoms with E-state index < -0.39 is 16.6 Å². The van der Waals surface area contributed by atoms with Crippen molar-refractivity contribution in [2.24, 2.45) is 0 Å². The topological polar surface area (TPSA) is 29.1 Å². The highest BCUT2D eigenvalue weighted by Crippen LogP contribution is 2.33. The van der Waals surface area contributed by atoms with Gasteiger partial charge in [-0.25, -0.2) is 0 Å². The van der Waals surface area contributed by atoms with E-state index in [1.165, 1.54) is 0 Å². The first-order valence-electron chi connectivity index (χ1n) is 4.53. The number of amides is 1. The van der Waals surface area contributed by atoms with E-state index >= 15 is 0 Å². The van der Waals surface area contributed by atoms with Crippen LogP contribution in [0.4, 0.5) is 18.9 Å². The number of halogens is 5.